The maximum absolute atomic E-state index is 10.2. The van der Waals surface area contributed by atoms with Gasteiger partial charge in [0.15, 0.2) is 0 Å². The number of benzene rings is 1. The van der Waals surface area contributed by atoms with Crippen LogP contribution in [0.3, 0.4) is 0 Å². The number of hydrogen-bond acceptors (Lipinski definition) is 3. The van der Waals surface area contributed by atoms with Crippen molar-refractivity contribution in [3.05, 3.63) is 37.4 Å². The number of rotatable bonds is 3. The minimum Gasteiger partial charge on any atom is -0.264 e. The van der Waals surface area contributed by atoms with Gasteiger partial charge in [0, 0.05) is 19.0 Å². The van der Waals surface area contributed by atoms with Gasteiger partial charge in [-0.2, -0.15) is 0 Å². The molecule has 1 rings (SSSR count). The van der Waals surface area contributed by atoms with Crippen molar-refractivity contribution in [1.82, 2.24) is 0 Å². The fourth-order valence-electron chi connectivity index (χ4n) is 0.957. The first-order chi connectivity index (χ1) is 6.13. The number of nitro groups is 1. The van der Waals surface area contributed by atoms with Crippen LogP contribution in [-0.4, -0.2) is 11.2 Å². The first-order valence-corrected chi connectivity index (χ1v) is 5.88. The van der Waals surface area contributed by atoms with Gasteiger partial charge in [-0.05, 0) is 41.0 Å². The second-order valence-corrected chi connectivity index (χ2v) is 4.47. The van der Waals surface area contributed by atoms with E-state index in [-0.39, 0.29) is 11.5 Å². The van der Waals surface area contributed by atoms with Crippen molar-refractivity contribution >= 4 is 34.4 Å². The molecule has 0 saturated carbocycles. The number of halogens is 1. The van der Waals surface area contributed by atoms with E-state index in [1.54, 1.807) is 17.8 Å². The summed E-state index contributed by atoms with van der Waals surface area (Å²) in [5.74, 6) is 0. The summed E-state index contributed by atoms with van der Waals surface area (Å²) in [7, 11) is 0. The molecular formula is C8H8INO2S. The average molecular weight is 309 g/mol. The minimum atomic E-state index is -0.315. The third kappa shape index (κ3) is 3.15. The molecule has 0 aliphatic carbocycles. The van der Waals surface area contributed by atoms with Crippen LogP contribution < -0.4 is 0 Å². The van der Waals surface area contributed by atoms with E-state index in [9.17, 15) is 10.1 Å². The van der Waals surface area contributed by atoms with Crippen LogP contribution in [0.25, 0.3) is 0 Å². The van der Waals surface area contributed by atoms with Gasteiger partial charge in [0.25, 0.3) is 0 Å². The summed E-state index contributed by atoms with van der Waals surface area (Å²) >= 11 is 3.83. The third-order valence-corrected chi connectivity index (χ3v) is 3.58. The lowest BCUT2D eigenvalue weighted by atomic mass is 10.2. The highest BCUT2D eigenvalue weighted by atomic mass is 127. The van der Waals surface area contributed by atoms with E-state index in [0.29, 0.717) is 0 Å². The first-order valence-electron chi connectivity index (χ1n) is 3.57. The first kappa shape index (κ1) is 10.8. The van der Waals surface area contributed by atoms with Crippen LogP contribution in [0.15, 0.2) is 23.1 Å². The molecule has 1 aromatic rings. The Morgan fingerprint density at radius 3 is 2.77 bits per heavy atom. The molecule has 0 fully saturated rings. The predicted molar refractivity (Wildman–Crippen MR) is 61.6 cm³/mol. The Morgan fingerprint density at radius 1 is 1.62 bits per heavy atom. The molecule has 0 spiro atoms. The molecule has 0 amide bonds. The van der Waals surface area contributed by atoms with E-state index in [1.165, 1.54) is 0 Å². The summed E-state index contributed by atoms with van der Waals surface area (Å²) in [6.45, 7) is -0.0926. The summed E-state index contributed by atoms with van der Waals surface area (Å²) in [4.78, 5) is 11.1. The van der Waals surface area contributed by atoms with E-state index in [2.05, 4.69) is 22.6 Å². The van der Waals surface area contributed by atoms with E-state index >= 15 is 0 Å². The molecule has 1 aromatic carbocycles. The van der Waals surface area contributed by atoms with Gasteiger partial charge >= 0.3 is 0 Å². The number of nitrogens with zero attached hydrogens (tertiary/aromatic N) is 1. The monoisotopic (exact) mass is 309 g/mol. The lowest BCUT2D eigenvalue weighted by molar-refractivity contribution is -0.496. The van der Waals surface area contributed by atoms with Gasteiger partial charge < -0.3 is 0 Å². The summed E-state index contributed by atoms with van der Waals surface area (Å²) in [6, 6.07) is 5.58. The number of hydrogen-bond donors (Lipinski definition) is 0. The molecule has 0 N–H and O–H groups in total. The van der Waals surface area contributed by atoms with Crippen LogP contribution >= 0.6 is 34.4 Å². The lowest BCUT2D eigenvalue weighted by Crippen LogP contribution is -1.98. The maximum atomic E-state index is 10.2. The zero-order valence-electron chi connectivity index (χ0n) is 6.99. The van der Waals surface area contributed by atoms with Gasteiger partial charge in [-0.25, -0.2) is 0 Å². The van der Waals surface area contributed by atoms with Crippen LogP contribution in [0, 0.1) is 13.7 Å². The fraction of sp³-hybridized carbons (Fsp3) is 0.250. The Morgan fingerprint density at radius 2 is 2.31 bits per heavy atom. The third-order valence-electron chi connectivity index (χ3n) is 1.53. The summed E-state index contributed by atoms with van der Waals surface area (Å²) in [5, 5.41) is 10.2. The fourth-order valence-corrected chi connectivity index (χ4v) is 2.66. The highest BCUT2D eigenvalue weighted by molar-refractivity contribution is 14.1. The lowest BCUT2D eigenvalue weighted by Gasteiger charge is -2.01. The quantitative estimate of drug-likeness (QED) is 0.373. The van der Waals surface area contributed by atoms with E-state index < -0.39 is 0 Å². The highest BCUT2D eigenvalue weighted by Crippen LogP contribution is 2.23. The van der Waals surface area contributed by atoms with Crippen molar-refractivity contribution in [2.45, 2.75) is 11.4 Å². The van der Waals surface area contributed by atoms with E-state index in [1.807, 2.05) is 18.4 Å². The van der Waals surface area contributed by atoms with Crippen LogP contribution in [0.2, 0.25) is 0 Å². The topological polar surface area (TPSA) is 43.1 Å². The Bertz CT molecular complexity index is 330. The van der Waals surface area contributed by atoms with Crippen molar-refractivity contribution in [3.8, 4) is 0 Å². The van der Waals surface area contributed by atoms with Crippen LogP contribution in [0.5, 0.6) is 0 Å². The second-order valence-electron chi connectivity index (χ2n) is 2.46. The molecule has 0 unspecified atom stereocenters. The maximum Gasteiger partial charge on any atom is 0.228 e. The van der Waals surface area contributed by atoms with Crippen LogP contribution in [0.4, 0.5) is 0 Å². The molecule has 0 saturated heterocycles. The summed E-state index contributed by atoms with van der Waals surface area (Å²) in [5.41, 5.74) is 0.757. The van der Waals surface area contributed by atoms with Gasteiger partial charge in [0.1, 0.15) is 0 Å². The van der Waals surface area contributed by atoms with Gasteiger partial charge in [-0.3, -0.25) is 10.1 Å². The molecule has 5 heteroatoms. The highest BCUT2D eigenvalue weighted by Gasteiger charge is 2.04. The number of thioether (sulfide) groups is 1. The van der Waals surface area contributed by atoms with Crippen molar-refractivity contribution in [1.29, 1.82) is 0 Å². The minimum absolute atomic E-state index is 0.0926. The molecule has 3 nitrogen and oxygen atoms in total. The van der Waals surface area contributed by atoms with Crippen molar-refractivity contribution in [3.63, 3.8) is 0 Å². The second kappa shape index (κ2) is 4.80. The smallest absolute Gasteiger partial charge is 0.228 e. The summed E-state index contributed by atoms with van der Waals surface area (Å²) < 4.78 is 1.07. The summed E-state index contributed by atoms with van der Waals surface area (Å²) in [6.07, 6.45) is 1.99. The van der Waals surface area contributed by atoms with Gasteiger partial charge in [-0.1, -0.05) is 6.07 Å². The molecule has 0 atom stereocenters. The van der Waals surface area contributed by atoms with Gasteiger partial charge in [-0.15, -0.1) is 11.8 Å². The van der Waals surface area contributed by atoms with Crippen LogP contribution in [-0.2, 0) is 6.54 Å². The Balaban J connectivity index is 2.89. The molecule has 0 aliphatic heterocycles. The Kier molecular flexibility index (Phi) is 3.98. The van der Waals surface area contributed by atoms with E-state index in [0.717, 1.165) is 14.0 Å². The van der Waals surface area contributed by atoms with Crippen molar-refractivity contribution in [2.24, 2.45) is 0 Å². The molecule has 70 valence electrons. The molecule has 0 heterocycles. The molecule has 0 bridgehead atoms. The van der Waals surface area contributed by atoms with Crippen molar-refractivity contribution < 1.29 is 4.92 Å². The SMILES string of the molecule is CSc1ccc(C[N+](=O)[O-])cc1I. The Labute approximate surface area is 94.2 Å². The van der Waals surface area contributed by atoms with Crippen molar-refractivity contribution in [2.75, 3.05) is 6.26 Å². The van der Waals surface area contributed by atoms with Crippen LogP contribution in [0.1, 0.15) is 5.56 Å². The Hall–Kier alpha value is -0.300. The molecular weight excluding hydrogens is 301 g/mol. The molecule has 13 heavy (non-hydrogen) atoms. The standard InChI is InChI=1S/C8H8INO2S/c1-13-8-3-2-6(4-7(8)9)5-10(11)12/h2-4H,5H2,1H3. The van der Waals surface area contributed by atoms with Gasteiger partial charge in [0.05, 0.1) is 0 Å². The predicted octanol–water partition coefficient (Wildman–Crippen LogP) is 2.79. The molecule has 0 radical (unpaired) electrons. The zero-order chi connectivity index (χ0) is 9.84. The average Bonchev–Trinajstić information content (AvgIpc) is 2.03. The van der Waals surface area contributed by atoms with E-state index in [4.69, 9.17) is 0 Å². The molecule has 0 aromatic heterocycles. The molecule has 0 aliphatic rings. The normalized spacial score (nSPS) is 10.0. The zero-order valence-corrected chi connectivity index (χ0v) is 9.96. The van der Waals surface area contributed by atoms with Gasteiger partial charge in [0.2, 0.25) is 6.54 Å². The largest absolute Gasteiger partial charge is 0.264 e.